The fourth-order valence-corrected chi connectivity index (χ4v) is 3.97. The van der Waals surface area contributed by atoms with Gasteiger partial charge in [0.15, 0.2) is 0 Å². The Morgan fingerprint density at radius 3 is 2.42 bits per heavy atom. The molecular weight excluding hydrogens is 352 g/mol. The van der Waals surface area contributed by atoms with E-state index in [4.69, 9.17) is 4.74 Å². The van der Waals surface area contributed by atoms with Crippen LogP contribution in [0.15, 0.2) is 24.3 Å². The molecule has 2 N–H and O–H groups in total. The lowest BCUT2D eigenvalue weighted by molar-refractivity contribution is -0.120. The van der Waals surface area contributed by atoms with Gasteiger partial charge in [0.25, 0.3) is 0 Å². The van der Waals surface area contributed by atoms with Crippen LogP contribution in [0.3, 0.4) is 0 Å². The summed E-state index contributed by atoms with van der Waals surface area (Å²) in [6.07, 6.45) is 2.70. The van der Waals surface area contributed by atoms with Crippen molar-refractivity contribution in [3.63, 3.8) is 0 Å². The first-order valence-corrected chi connectivity index (χ1v) is 10.7. The van der Waals surface area contributed by atoms with Gasteiger partial charge < -0.3 is 10.1 Å². The summed E-state index contributed by atoms with van der Waals surface area (Å²) >= 11 is 0. The molecule has 0 aromatic heterocycles. The van der Waals surface area contributed by atoms with Gasteiger partial charge in [0.2, 0.25) is 15.9 Å². The Kier molecular flexibility index (Phi) is 6.69. The Labute approximate surface area is 156 Å². The van der Waals surface area contributed by atoms with E-state index in [2.05, 4.69) is 10.0 Å². The molecule has 1 aliphatic carbocycles. The van der Waals surface area contributed by atoms with E-state index in [-0.39, 0.29) is 17.9 Å². The first kappa shape index (κ1) is 20.7. The topological polar surface area (TPSA) is 84.5 Å². The van der Waals surface area contributed by atoms with Crippen molar-refractivity contribution in [1.29, 1.82) is 0 Å². The zero-order chi connectivity index (χ0) is 19.4. The number of carbonyl (C=O) groups is 1. The van der Waals surface area contributed by atoms with Gasteiger partial charge in [-0.15, -0.1) is 0 Å². The van der Waals surface area contributed by atoms with Gasteiger partial charge in [0.1, 0.15) is 5.75 Å². The van der Waals surface area contributed by atoms with Crippen LogP contribution < -0.4 is 14.8 Å². The number of hydrogen-bond acceptors (Lipinski definition) is 4. The predicted octanol–water partition coefficient (Wildman–Crippen LogP) is 3.30. The second-order valence-corrected chi connectivity index (χ2v) is 10.2. The molecule has 0 bridgehead atoms. The van der Waals surface area contributed by atoms with Gasteiger partial charge in [-0.3, -0.25) is 4.79 Å². The third kappa shape index (κ3) is 5.45. The molecule has 1 aromatic rings. The third-order valence-corrected chi connectivity index (χ3v) is 6.89. The minimum absolute atomic E-state index is 0.0178. The lowest BCUT2D eigenvalue weighted by atomic mass is 9.86. The van der Waals surface area contributed by atoms with Crippen molar-refractivity contribution in [3.05, 3.63) is 24.3 Å². The van der Waals surface area contributed by atoms with Gasteiger partial charge in [0, 0.05) is 23.7 Å². The molecule has 1 aromatic carbocycles. The van der Waals surface area contributed by atoms with Crippen LogP contribution in [0, 0.1) is 5.92 Å². The summed E-state index contributed by atoms with van der Waals surface area (Å²) in [6.45, 7) is 7.55. The molecule has 0 spiro atoms. The van der Waals surface area contributed by atoms with Crippen LogP contribution in [0.4, 0.5) is 5.69 Å². The number of sulfonamides is 1. The van der Waals surface area contributed by atoms with E-state index in [1.165, 1.54) is 0 Å². The van der Waals surface area contributed by atoms with Crippen LogP contribution in [0.2, 0.25) is 0 Å². The number of rotatable bonds is 6. The highest BCUT2D eigenvalue weighted by atomic mass is 32.2. The van der Waals surface area contributed by atoms with E-state index in [9.17, 15) is 13.2 Å². The Hall–Kier alpha value is -1.60. The Balaban J connectivity index is 1.88. The zero-order valence-electron chi connectivity index (χ0n) is 16.0. The lowest BCUT2D eigenvalue weighted by Gasteiger charge is -2.30. The van der Waals surface area contributed by atoms with Crippen molar-refractivity contribution in [2.24, 2.45) is 5.92 Å². The van der Waals surface area contributed by atoms with E-state index in [0.717, 1.165) is 11.4 Å². The van der Waals surface area contributed by atoms with Gasteiger partial charge in [-0.2, -0.15) is 0 Å². The Bertz CT molecular complexity index is 717. The van der Waals surface area contributed by atoms with E-state index < -0.39 is 14.8 Å². The maximum absolute atomic E-state index is 12.5. The van der Waals surface area contributed by atoms with Crippen LogP contribution in [0.5, 0.6) is 5.75 Å². The number of amides is 1. The summed E-state index contributed by atoms with van der Waals surface area (Å²) < 4.78 is 31.9. The summed E-state index contributed by atoms with van der Waals surface area (Å²) in [5.74, 6) is 0.613. The molecule has 146 valence electrons. The average Bonchev–Trinajstić information content (AvgIpc) is 2.54. The van der Waals surface area contributed by atoms with E-state index in [0.29, 0.717) is 32.3 Å². The second-order valence-electron chi connectivity index (χ2n) is 7.73. The van der Waals surface area contributed by atoms with Crippen LogP contribution in [0.1, 0.15) is 53.4 Å². The first-order chi connectivity index (χ1) is 12.1. The molecule has 7 heteroatoms. The minimum Gasteiger partial charge on any atom is -0.494 e. The Morgan fingerprint density at radius 2 is 1.85 bits per heavy atom. The van der Waals surface area contributed by atoms with Gasteiger partial charge in [-0.1, -0.05) is 6.07 Å². The third-order valence-electron chi connectivity index (χ3n) is 4.64. The molecular formula is C19H30N2O4S. The van der Waals surface area contributed by atoms with Gasteiger partial charge in [0.05, 0.1) is 11.4 Å². The van der Waals surface area contributed by atoms with Crippen LogP contribution in [0.25, 0.3) is 0 Å². The summed E-state index contributed by atoms with van der Waals surface area (Å²) in [7, 11) is -3.36. The number of anilines is 1. The number of ether oxygens (including phenoxy) is 1. The fourth-order valence-electron chi connectivity index (χ4n) is 2.94. The van der Waals surface area contributed by atoms with Crippen LogP contribution in [-0.2, 0) is 14.8 Å². The molecule has 1 saturated carbocycles. The largest absolute Gasteiger partial charge is 0.494 e. The van der Waals surface area contributed by atoms with E-state index in [1.807, 2.05) is 31.2 Å². The van der Waals surface area contributed by atoms with Crippen molar-refractivity contribution in [2.45, 2.75) is 64.2 Å². The minimum atomic E-state index is -3.36. The molecule has 0 aliphatic heterocycles. The van der Waals surface area contributed by atoms with Crippen LogP contribution >= 0.6 is 0 Å². The van der Waals surface area contributed by atoms with Crippen molar-refractivity contribution in [3.8, 4) is 5.75 Å². The molecule has 0 heterocycles. The molecule has 0 unspecified atom stereocenters. The van der Waals surface area contributed by atoms with Crippen molar-refractivity contribution in [2.75, 3.05) is 11.9 Å². The van der Waals surface area contributed by atoms with Gasteiger partial charge >= 0.3 is 0 Å². The normalized spacial score (nSPS) is 21.2. The van der Waals surface area contributed by atoms with E-state index >= 15 is 0 Å². The zero-order valence-corrected chi connectivity index (χ0v) is 16.9. The maximum Gasteiger partial charge on any atom is 0.227 e. The maximum atomic E-state index is 12.5. The first-order valence-electron chi connectivity index (χ1n) is 9.18. The Morgan fingerprint density at radius 1 is 1.19 bits per heavy atom. The summed E-state index contributed by atoms with van der Waals surface area (Å²) in [5.41, 5.74) is 0.719. The van der Waals surface area contributed by atoms with Gasteiger partial charge in [-0.25, -0.2) is 13.1 Å². The SMILES string of the molecule is CCOc1cccc(NC(=O)C2CCC(NS(=O)(=O)C(C)(C)C)CC2)c1. The average molecular weight is 383 g/mol. The summed E-state index contributed by atoms with van der Waals surface area (Å²) in [6, 6.07) is 7.25. The number of carbonyl (C=O) groups excluding carboxylic acids is 1. The quantitative estimate of drug-likeness (QED) is 0.791. The monoisotopic (exact) mass is 382 g/mol. The smallest absolute Gasteiger partial charge is 0.227 e. The number of nitrogens with one attached hydrogen (secondary N) is 2. The second kappa shape index (κ2) is 8.39. The van der Waals surface area contributed by atoms with Gasteiger partial charge in [-0.05, 0) is 65.5 Å². The highest BCUT2D eigenvalue weighted by Crippen LogP contribution is 2.28. The molecule has 1 fully saturated rings. The van der Waals surface area contributed by atoms with Crippen molar-refractivity contribution < 1.29 is 17.9 Å². The lowest BCUT2D eigenvalue weighted by Crippen LogP contribution is -2.46. The van der Waals surface area contributed by atoms with E-state index in [1.54, 1.807) is 20.8 Å². The molecule has 26 heavy (non-hydrogen) atoms. The molecule has 0 atom stereocenters. The number of benzene rings is 1. The molecule has 0 radical (unpaired) electrons. The summed E-state index contributed by atoms with van der Waals surface area (Å²) in [5, 5.41) is 2.94. The molecule has 1 amide bonds. The standard InChI is InChI=1S/C19H30N2O4S/c1-5-25-17-8-6-7-16(13-17)20-18(22)14-9-11-15(12-10-14)21-26(23,24)19(2,3)4/h6-8,13-15,21H,5,9-12H2,1-4H3,(H,20,22). The predicted molar refractivity (Wildman–Crippen MR) is 104 cm³/mol. The summed E-state index contributed by atoms with van der Waals surface area (Å²) in [4.78, 5) is 12.5. The molecule has 6 nitrogen and oxygen atoms in total. The number of hydrogen-bond donors (Lipinski definition) is 2. The highest BCUT2D eigenvalue weighted by Gasteiger charge is 2.34. The fraction of sp³-hybridized carbons (Fsp3) is 0.632. The van der Waals surface area contributed by atoms with Crippen molar-refractivity contribution >= 4 is 21.6 Å². The molecule has 0 saturated heterocycles. The van der Waals surface area contributed by atoms with Crippen LogP contribution in [-0.4, -0.2) is 31.7 Å². The highest BCUT2D eigenvalue weighted by molar-refractivity contribution is 7.90. The molecule has 2 rings (SSSR count). The molecule has 1 aliphatic rings. The van der Waals surface area contributed by atoms with Crippen molar-refractivity contribution in [1.82, 2.24) is 4.72 Å².